The van der Waals surface area contributed by atoms with E-state index in [9.17, 15) is 23.6 Å². The highest BCUT2D eigenvalue weighted by Crippen LogP contribution is 2.60. The number of halogens is 2. The molecule has 0 spiro atoms. The molecule has 0 heterocycles. The third kappa shape index (κ3) is 4.72. The Morgan fingerprint density at radius 1 is 1.23 bits per heavy atom. The Hall–Kier alpha value is -3.73. The number of nitriles is 1. The van der Waals surface area contributed by atoms with E-state index in [0.717, 1.165) is 12.1 Å². The average Bonchev–Trinajstić information content (AvgIpc) is 3.28. The lowest BCUT2D eigenvalue weighted by atomic mass is 10.1. The summed E-state index contributed by atoms with van der Waals surface area (Å²) in [5, 5.41) is 18.2. The van der Waals surface area contributed by atoms with E-state index in [1.54, 1.807) is 44.2 Å². The molecule has 0 aromatic heterocycles. The Bertz CT molecular complexity index is 1080. The van der Waals surface area contributed by atoms with Gasteiger partial charge in [-0.3, -0.25) is 4.79 Å². The molecule has 160 valence electrons. The van der Waals surface area contributed by atoms with E-state index in [-0.39, 0.29) is 11.3 Å². The number of carbonyl (C=O) groups is 2. The lowest BCUT2D eigenvalue weighted by molar-refractivity contribution is -0.149. The molecule has 0 amide bonds. The van der Waals surface area contributed by atoms with Crippen molar-refractivity contribution < 1.29 is 33.0 Å². The quantitative estimate of drug-likeness (QED) is 0.497. The van der Waals surface area contributed by atoms with E-state index in [4.69, 9.17) is 14.6 Å². The number of ether oxygens (including phenoxy) is 2. The lowest BCUT2D eigenvalue weighted by Crippen LogP contribution is -2.14. The van der Waals surface area contributed by atoms with Crippen molar-refractivity contribution in [1.29, 1.82) is 5.26 Å². The molecule has 1 saturated carbocycles. The molecule has 0 radical (unpaired) electrons. The van der Waals surface area contributed by atoms with Crippen LogP contribution in [0.15, 0.2) is 60.4 Å². The predicted octanol–water partition coefficient (Wildman–Crippen LogP) is 4.94. The van der Waals surface area contributed by atoms with Crippen LogP contribution >= 0.6 is 0 Å². The number of carboxylic acids is 1. The topological polar surface area (TPSA) is 96.6 Å². The summed E-state index contributed by atoms with van der Waals surface area (Å²) in [5.74, 6) is -5.75. The summed E-state index contributed by atoms with van der Waals surface area (Å²) in [4.78, 5) is 23.3. The number of hydrogen-bond acceptors (Lipinski definition) is 5. The second-order valence-electron chi connectivity index (χ2n) is 7.70. The number of para-hydroxylation sites is 1. The third-order valence-corrected chi connectivity index (χ3v) is 5.28. The zero-order chi connectivity index (χ0) is 22.8. The van der Waals surface area contributed by atoms with Gasteiger partial charge in [-0.25, -0.2) is 9.18 Å². The largest absolute Gasteiger partial charge is 0.476 e. The number of hydrogen-bond donors (Lipinski definition) is 1. The molecule has 0 bridgehead atoms. The molecule has 31 heavy (non-hydrogen) atoms. The van der Waals surface area contributed by atoms with Gasteiger partial charge in [0.15, 0.2) is 11.6 Å². The van der Waals surface area contributed by atoms with Crippen LogP contribution < -0.4 is 4.74 Å². The fourth-order valence-corrected chi connectivity index (χ4v) is 3.40. The molecule has 8 heteroatoms. The molecule has 0 unspecified atom stereocenters. The van der Waals surface area contributed by atoms with Gasteiger partial charge in [0.1, 0.15) is 11.8 Å². The first-order chi connectivity index (χ1) is 14.6. The summed E-state index contributed by atoms with van der Waals surface area (Å²) in [5.41, 5.74) is -0.528. The van der Waals surface area contributed by atoms with Crippen molar-refractivity contribution in [2.24, 2.45) is 17.3 Å². The van der Waals surface area contributed by atoms with Crippen molar-refractivity contribution >= 4 is 11.9 Å². The second kappa shape index (κ2) is 8.56. The molecular weight excluding hydrogens is 408 g/mol. The maximum Gasteiger partial charge on any atom is 0.364 e. The van der Waals surface area contributed by atoms with Gasteiger partial charge in [-0.1, -0.05) is 38.1 Å². The van der Waals surface area contributed by atoms with Crippen molar-refractivity contribution in [3.63, 3.8) is 0 Å². The number of esters is 1. The van der Waals surface area contributed by atoms with Gasteiger partial charge in [-0.15, -0.1) is 0 Å². The summed E-state index contributed by atoms with van der Waals surface area (Å²) >= 11 is 0. The Kier molecular flexibility index (Phi) is 6.07. The molecule has 0 aliphatic heterocycles. The summed E-state index contributed by atoms with van der Waals surface area (Å²) in [6, 6.07) is 14.0. The minimum Gasteiger partial charge on any atom is -0.476 e. The van der Waals surface area contributed by atoms with E-state index >= 15 is 0 Å². The summed E-state index contributed by atoms with van der Waals surface area (Å²) in [7, 11) is 0. The van der Waals surface area contributed by atoms with Gasteiger partial charge in [0.05, 0.1) is 5.92 Å². The molecule has 2 aromatic rings. The van der Waals surface area contributed by atoms with Gasteiger partial charge >= 0.3 is 11.9 Å². The maximum atomic E-state index is 14.2. The monoisotopic (exact) mass is 427 g/mol. The number of nitrogens with zero attached hydrogens (tertiary/aromatic N) is 1. The summed E-state index contributed by atoms with van der Waals surface area (Å²) in [6.07, 6.45) is -0.476. The smallest absolute Gasteiger partial charge is 0.364 e. The molecule has 0 saturated heterocycles. The standard InChI is InChI=1S/C23H19F2NO5/c1-23(2)15(11-17(25)21(27)28)20(23)22(29)31-19(12-26)13-8-9-16(24)18(10-13)30-14-6-4-3-5-7-14/h3-11,15,19-20H,1-2H3,(H,27,28)/t15-,19+,20-/m0/s1. The number of aliphatic carboxylic acids is 1. The van der Waals surface area contributed by atoms with Crippen LogP contribution in [0.3, 0.4) is 0 Å². The van der Waals surface area contributed by atoms with Crippen LogP contribution in [0.2, 0.25) is 0 Å². The third-order valence-electron chi connectivity index (χ3n) is 5.28. The van der Waals surface area contributed by atoms with Gasteiger partial charge in [-0.2, -0.15) is 9.65 Å². The van der Waals surface area contributed by atoms with E-state index in [2.05, 4.69) is 0 Å². The van der Waals surface area contributed by atoms with E-state index < -0.39 is 46.9 Å². The minimum absolute atomic E-state index is 0.143. The molecule has 6 nitrogen and oxygen atoms in total. The molecule has 1 aliphatic carbocycles. The number of carbonyl (C=O) groups excluding carboxylic acids is 1. The Labute approximate surface area is 177 Å². The number of allylic oxidation sites excluding steroid dienone is 1. The van der Waals surface area contributed by atoms with Gasteiger partial charge in [-0.05, 0) is 41.7 Å². The summed E-state index contributed by atoms with van der Waals surface area (Å²) in [6.45, 7) is 3.33. The zero-order valence-corrected chi connectivity index (χ0v) is 16.7. The normalized spacial score (nSPS) is 20.3. The highest BCUT2D eigenvalue weighted by atomic mass is 19.1. The van der Waals surface area contributed by atoms with E-state index in [1.807, 2.05) is 6.07 Å². The fourth-order valence-electron chi connectivity index (χ4n) is 3.40. The van der Waals surface area contributed by atoms with Crippen molar-refractivity contribution in [3.8, 4) is 17.6 Å². The van der Waals surface area contributed by atoms with Crippen LogP contribution in [0.25, 0.3) is 0 Å². The van der Waals surface area contributed by atoms with Crippen molar-refractivity contribution in [2.45, 2.75) is 20.0 Å². The first-order valence-corrected chi connectivity index (χ1v) is 9.38. The number of benzene rings is 2. The SMILES string of the molecule is CC1(C)[C@H](C(=O)O[C@H](C#N)c2ccc(F)c(Oc3ccccc3)c2)[C@@H]1C=C(F)C(=O)O. The molecule has 1 fully saturated rings. The van der Waals surface area contributed by atoms with Gasteiger partial charge in [0.25, 0.3) is 0 Å². The molecule has 1 N–H and O–H groups in total. The van der Waals surface area contributed by atoms with Crippen LogP contribution in [0, 0.1) is 34.4 Å². The molecule has 1 aliphatic rings. The highest BCUT2D eigenvalue weighted by Gasteiger charge is 2.62. The molecule has 3 atom stereocenters. The zero-order valence-electron chi connectivity index (χ0n) is 16.7. The Balaban J connectivity index is 1.77. The lowest BCUT2D eigenvalue weighted by Gasteiger charge is -2.14. The molecule has 3 rings (SSSR count). The van der Waals surface area contributed by atoms with Crippen LogP contribution in [0.5, 0.6) is 11.5 Å². The van der Waals surface area contributed by atoms with Gasteiger partial charge in [0.2, 0.25) is 11.9 Å². The molecule has 2 aromatic carbocycles. The van der Waals surface area contributed by atoms with Crippen molar-refractivity contribution in [3.05, 3.63) is 71.8 Å². The fraction of sp³-hybridized carbons (Fsp3) is 0.261. The number of carboxylic acid groups (broad SMARTS) is 1. The Morgan fingerprint density at radius 2 is 1.90 bits per heavy atom. The highest BCUT2D eigenvalue weighted by molar-refractivity contribution is 5.85. The van der Waals surface area contributed by atoms with Crippen LogP contribution in [0.1, 0.15) is 25.5 Å². The number of rotatable bonds is 7. The molecular formula is C23H19F2NO5. The van der Waals surface area contributed by atoms with E-state index in [0.29, 0.717) is 5.75 Å². The first-order valence-electron chi connectivity index (χ1n) is 9.38. The van der Waals surface area contributed by atoms with Gasteiger partial charge in [0, 0.05) is 5.56 Å². The predicted molar refractivity (Wildman–Crippen MR) is 105 cm³/mol. The van der Waals surface area contributed by atoms with Crippen LogP contribution in [0.4, 0.5) is 8.78 Å². The van der Waals surface area contributed by atoms with Gasteiger partial charge < -0.3 is 14.6 Å². The van der Waals surface area contributed by atoms with Crippen molar-refractivity contribution in [2.75, 3.05) is 0 Å². The maximum absolute atomic E-state index is 14.2. The van der Waals surface area contributed by atoms with Crippen molar-refractivity contribution in [1.82, 2.24) is 0 Å². The summed E-state index contributed by atoms with van der Waals surface area (Å²) < 4.78 is 38.4. The Morgan fingerprint density at radius 3 is 2.52 bits per heavy atom. The average molecular weight is 427 g/mol. The first kappa shape index (κ1) is 22.0. The van der Waals surface area contributed by atoms with Crippen LogP contribution in [-0.4, -0.2) is 17.0 Å². The second-order valence-corrected chi connectivity index (χ2v) is 7.70. The minimum atomic E-state index is -1.72. The van der Waals surface area contributed by atoms with E-state index in [1.165, 1.54) is 12.1 Å². The van der Waals surface area contributed by atoms with Crippen LogP contribution in [-0.2, 0) is 14.3 Å².